The summed E-state index contributed by atoms with van der Waals surface area (Å²) in [7, 11) is 0. The monoisotopic (exact) mass is 226 g/mol. The summed E-state index contributed by atoms with van der Waals surface area (Å²) in [6.45, 7) is -0.00360. The van der Waals surface area contributed by atoms with E-state index in [0.29, 0.717) is 0 Å². The fraction of sp³-hybridized carbons (Fsp3) is 0.250. The van der Waals surface area contributed by atoms with Gasteiger partial charge in [0, 0.05) is 0 Å². The first-order valence-electron chi connectivity index (χ1n) is 4.17. The summed E-state index contributed by atoms with van der Waals surface area (Å²) in [6.07, 6.45) is 1.09. The van der Waals surface area contributed by atoms with Crippen LogP contribution in [0.3, 0.4) is 0 Å². The van der Waals surface area contributed by atoms with Crippen molar-refractivity contribution >= 4 is 34.8 Å². The molecule has 0 atom stereocenters. The Hall–Kier alpha value is -1.69. The third-order valence-corrected chi connectivity index (χ3v) is 2.36. The van der Waals surface area contributed by atoms with Crippen LogP contribution in [-0.4, -0.2) is 28.2 Å². The average Bonchev–Trinajstić information content (AvgIpc) is 2.50. The first kappa shape index (κ1) is 9.85. The predicted molar refractivity (Wildman–Crippen MR) is 53.4 cm³/mol. The van der Waals surface area contributed by atoms with Crippen molar-refractivity contribution in [2.45, 2.75) is 6.42 Å². The Morgan fingerprint density at radius 3 is 2.73 bits per heavy atom. The highest BCUT2D eigenvalue weighted by Crippen LogP contribution is 2.27. The molecule has 2 heterocycles. The van der Waals surface area contributed by atoms with Crippen molar-refractivity contribution in [3.63, 3.8) is 0 Å². The molecule has 0 unspecified atom stereocenters. The number of nitrogens with zero attached hydrogens (tertiary/aromatic N) is 3. The van der Waals surface area contributed by atoms with Crippen molar-refractivity contribution in [3.8, 4) is 0 Å². The largest absolute Gasteiger partial charge is 0.393 e. The van der Waals surface area contributed by atoms with Gasteiger partial charge in [0.25, 0.3) is 0 Å². The van der Waals surface area contributed by atoms with Gasteiger partial charge in [0.05, 0.1) is 13.0 Å². The summed E-state index contributed by atoms with van der Waals surface area (Å²) in [6, 6.07) is 0. The second kappa shape index (κ2) is 3.47. The number of carbonyl (C=O) groups excluding carboxylic acids is 2. The highest BCUT2D eigenvalue weighted by Gasteiger charge is 2.31. The molecule has 0 aliphatic carbocycles. The lowest BCUT2D eigenvalue weighted by molar-refractivity contribution is -0.121. The van der Waals surface area contributed by atoms with Crippen LogP contribution >= 0.6 is 11.6 Å². The van der Waals surface area contributed by atoms with Crippen molar-refractivity contribution in [1.29, 1.82) is 0 Å². The zero-order valence-electron chi connectivity index (χ0n) is 7.61. The molecule has 15 heavy (non-hydrogen) atoms. The number of Topliss-reactive ketones (excluding diaryl/α,β-unsaturated/α-hetero) is 1. The van der Waals surface area contributed by atoms with Gasteiger partial charge >= 0.3 is 0 Å². The molecule has 1 amide bonds. The molecule has 0 saturated carbocycles. The molecule has 0 aromatic carbocycles. The number of aromatic nitrogens is 2. The standard InChI is InChI=1S/C8H7ClN4O2/c9-7-6(10)8(12-3-11-7)13-2-4(14)1-5(13)15/h3H,1-2,10H2. The van der Waals surface area contributed by atoms with E-state index in [1.165, 1.54) is 11.2 Å². The van der Waals surface area contributed by atoms with Crippen LogP contribution in [0.4, 0.5) is 11.5 Å². The summed E-state index contributed by atoms with van der Waals surface area (Å²) in [5, 5.41) is 0.0761. The minimum atomic E-state index is -0.318. The van der Waals surface area contributed by atoms with Gasteiger partial charge in [-0.25, -0.2) is 9.97 Å². The molecule has 1 aromatic heterocycles. The van der Waals surface area contributed by atoms with E-state index in [1.807, 2.05) is 0 Å². The number of anilines is 2. The fourth-order valence-corrected chi connectivity index (χ4v) is 1.49. The topological polar surface area (TPSA) is 89.2 Å². The summed E-state index contributed by atoms with van der Waals surface area (Å²) in [5.74, 6) is -0.276. The highest BCUT2D eigenvalue weighted by molar-refractivity contribution is 6.32. The van der Waals surface area contributed by atoms with Gasteiger partial charge in [-0.2, -0.15) is 0 Å². The lowest BCUT2D eigenvalue weighted by Crippen LogP contribution is -2.26. The van der Waals surface area contributed by atoms with Crippen LogP contribution in [0.5, 0.6) is 0 Å². The predicted octanol–water partition coefficient (Wildman–Crippen LogP) is 0.0180. The zero-order valence-corrected chi connectivity index (χ0v) is 8.36. The van der Waals surface area contributed by atoms with Crippen molar-refractivity contribution in [3.05, 3.63) is 11.5 Å². The van der Waals surface area contributed by atoms with E-state index >= 15 is 0 Å². The molecular weight excluding hydrogens is 220 g/mol. The highest BCUT2D eigenvalue weighted by atomic mass is 35.5. The van der Waals surface area contributed by atoms with Crippen molar-refractivity contribution in [2.75, 3.05) is 17.2 Å². The SMILES string of the molecule is Nc1c(Cl)ncnc1N1CC(=O)CC1=O. The number of nitrogen functional groups attached to an aromatic ring is 1. The van der Waals surface area contributed by atoms with Crippen LogP contribution in [0.25, 0.3) is 0 Å². The molecular formula is C8H7ClN4O2. The Balaban J connectivity index is 2.42. The van der Waals surface area contributed by atoms with Crippen LogP contribution in [0.2, 0.25) is 5.15 Å². The minimum absolute atomic E-state index is 0.00360. The molecule has 1 fully saturated rings. The summed E-state index contributed by atoms with van der Waals surface area (Å²) < 4.78 is 0. The van der Waals surface area contributed by atoms with Gasteiger partial charge in [-0.1, -0.05) is 11.6 Å². The maximum Gasteiger partial charge on any atom is 0.236 e. The summed E-state index contributed by atoms with van der Waals surface area (Å²) in [4.78, 5) is 31.2. The molecule has 2 rings (SSSR count). The third-order valence-electron chi connectivity index (χ3n) is 2.05. The van der Waals surface area contributed by atoms with Crippen molar-refractivity contribution in [2.24, 2.45) is 0 Å². The molecule has 6 nitrogen and oxygen atoms in total. The smallest absolute Gasteiger partial charge is 0.236 e. The number of amides is 1. The quantitative estimate of drug-likeness (QED) is 0.539. The normalized spacial score (nSPS) is 16.2. The Morgan fingerprint density at radius 1 is 1.40 bits per heavy atom. The molecule has 1 aromatic rings. The second-order valence-corrected chi connectivity index (χ2v) is 3.46. The molecule has 7 heteroatoms. The second-order valence-electron chi connectivity index (χ2n) is 3.10. The number of hydrogen-bond donors (Lipinski definition) is 1. The number of nitrogens with two attached hydrogens (primary N) is 1. The zero-order chi connectivity index (χ0) is 11.0. The molecule has 1 saturated heterocycles. The van der Waals surface area contributed by atoms with Gasteiger partial charge in [-0.3, -0.25) is 14.5 Å². The van der Waals surface area contributed by atoms with E-state index in [4.69, 9.17) is 17.3 Å². The van der Waals surface area contributed by atoms with E-state index < -0.39 is 0 Å². The molecule has 1 aliphatic rings. The Labute approximate surface area is 90.1 Å². The Kier molecular flexibility index (Phi) is 2.28. The number of ketones is 1. The summed E-state index contributed by atoms with van der Waals surface area (Å²) in [5.41, 5.74) is 5.72. The lowest BCUT2D eigenvalue weighted by atomic mass is 10.3. The van der Waals surface area contributed by atoms with Gasteiger partial charge in [-0.05, 0) is 0 Å². The number of rotatable bonds is 1. The first-order chi connectivity index (χ1) is 7.09. The van der Waals surface area contributed by atoms with E-state index in [1.54, 1.807) is 0 Å². The van der Waals surface area contributed by atoms with E-state index in [0.717, 1.165) is 0 Å². The third kappa shape index (κ3) is 1.63. The van der Waals surface area contributed by atoms with Gasteiger partial charge in [0.2, 0.25) is 5.91 Å². The van der Waals surface area contributed by atoms with Crippen molar-refractivity contribution < 1.29 is 9.59 Å². The maximum absolute atomic E-state index is 11.4. The molecule has 0 spiro atoms. The Bertz CT molecular complexity index is 448. The van der Waals surface area contributed by atoms with Crippen molar-refractivity contribution in [1.82, 2.24) is 9.97 Å². The van der Waals surface area contributed by atoms with Gasteiger partial charge in [0.15, 0.2) is 16.8 Å². The Morgan fingerprint density at radius 2 is 2.13 bits per heavy atom. The fourth-order valence-electron chi connectivity index (χ4n) is 1.36. The number of halogens is 1. The molecule has 2 N–H and O–H groups in total. The average molecular weight is 227 g/mol. The van der Waals surface area contributed by atoms with Crippen LogP contribution in [0.15, 0.2) is 6.33 Å². The van der Waals surface area contributed by atoms with Crippen LogP contribution < -0.4 is 10.6 Å². The number of hydrogen-bond acceptors (Lipinski definition) is 5. The van der Waals surface area contributed by atoms with E-state index in [2.05, 4.69) is 9.97 Å². The maximum atomic E-state index is 11.4. The first-order valence-corrected chi connectivity index (χ1v) is 4.55. The molecule has 78 valence electrons. The summed E-state index contributed by atoms with van der Waals surface area (Å²) >= 11 is 5.68. The molecule has 0 radical (unpaired) electrons. The lowest BCUT2D eigenvalue weighted by Gasteiger charge is -2.15. The van der Waals surface area contributed by atoms with E-state index in [-0.39, 0.29) is 41.3 Å². The van der Waals surface area contributed by atoms with Crippen LogP contribution in [0, 0.1) is 0 Å². The number of carbonyl (C=O) groups is 2. The van der Waals surface area contributed by atoms with Crippen LogP contribution in [0.1, 0.15) is 6.42 Å². The van der Waals surface area contributed by atoms with Gasteiger partial charge in [-0.15, -0.1) is 0 Å². The van der Waals surface area contributed by atoms with Gasteiger partial charge in [0.1, 0.15) is 12.0 Å². The van der Waals surface area contributed by atoms with E-state index in [9.17, 15) is 9.59 Å². The van der Waals surface area contributed by atoms with Gasteiger partial charge < -0.3 is 5.73 Å². The van der Waals surface area contributed by atoms with Crippen LogP contribution in [-0.2, 0) is 9.59 Å². The molecule has 0 bridgehead atoms. The molecule has 1 aliphatic heterocycles. The minimum Gasteiger partial charge on any atom is -0.393 e.